The molecule has 2 unspecified atom stereocenters. The molecule has 0 heterocycles. The highest BCUT2D eigenvalue weighted by Crippen LogP contribution is 2.37. The van der Waals surface area contributed by atoms with E-state index in [-0.39, 0.29) is 25.6 Å². The van der Waals surface area contributed by atoms with Gasteiger partial charge in [0.2, 0.25) is 17.7 Å². The van der Waals surface area contributed by atoms with E-state index in [9.17, 15) is 24.0 Å². The molecular weight excluding hydrogens is 492 g/mol. The van der Waals surface area contributed by atoms with Crippen LogP contribution >= 0.6 is 0 Å². The molecule has 1 aromatic rings. The highest BCUT2D eigenvalue weighted by molar-refractivity contribution is 5.95. The number of alkyl carbamates (subject to hydrolysis) is 1. The van der Waals surface area contributed by atoms with Crippen LogP contribution in [0.5, 0.6) is 0 Å². The van der Waals surface area contributed by atoms with Crippen LogP contribution in [-0.4, -0.2) is 65.5 Å². The lowest BCUT2D eigenvalue weighted by Gasteiger charge is -2.35. The highest BCUT2D eigenvalue weighted by Gasteiger charge is 2.44. The van der Waals surface area contributed by atoms with E-state index in [0.29, 0.717) is 18.4 Å². The molecule has 0 aliphatic heterocycles. The molecule has 1 fully saturated rings. The lowest BCUT2D eigenvalue weighted by atomic mass is 9.95. The lowest BCUT2D eigenvalue weighted by Crippen LogP contribution is -2.55. The maximum absolute atomic E-state index is 13.9. The molecule has 0 spiro atoms. The van der Waals surface area contributed by atoms with Gasteiger partial charge >= 0.3 is 12.1 Å². The van der Waals surface area contributed by atoms with Crippen LogP contribution in [0, 0.1) is 13.8 Å². The van der Waals surface area contributed by atoms with Crippen molar-refractivity contribution in [3.8, 4) is 0 Å². The van der Waals surface area contributed by atoms with Gasteiger partial charge in [-0.25, -0.2) is 4.79 Å². The molecule has 4 N–H and O–H groups in total. The Morgan fingerprint density at radius 1 is 1.13 bits per heavy atom. The number of nitrogens with two attached hydrogens (primary N) is 1. The van der Waals surface area contributed by atoms with Gasteiger partial charge in [0.05, 0.1) is 19.4 Å². The van der Waals surface area contributed by atoms with Crippen LogP contribution < -0.4 is 16.4 Å². The third-order valence-electron chi connectivity index (χ3n) is 5.78. The maximum Gasteiger partial charge on any atom is 0.408 e. The third kappa shape index (κ3) is 9.35. The third-order valence-corrected chi connectivity index (χ3v) is 5.78. The number of ether oxygens (including phenoxy) is 2. The number of nitrogens with one attached hydrogen (secondary N) is 2. The van der Waals surface area contributed by atoms with Gasteiger partial charge in [0.15, 0.2) is 0 Å². The summed E-state index contributed by atoms with van der Waals surface area (Å²) in [6.07, 6.45) is -0.0699. The number of carbonyl (C=O) groups excluding carboxylic acids is 5. The molecule has 1 aliphatic carbocycles. The van der Waals surface area contributed by atoms with Crippen LogP contribution in [0.15, 0.2) is 18.2 Å². The van der Waals surface area contributed by atoms with Gasteiger partial charge in [-0.2, -0.15) is 0 Å². The second kappa shape index (κ2) is 13.3. The summed E-state index contributed by atoms with van der Waals surface area (Å²) >= 11 is 0. The second-order valence-corrected chi connectivity index (χ2v) is 10.5. The summed E-state index contributed by atoms with van der Waals surface area (Å²) in [6.45, 7) is 10.7. The van der Waals surface area contributed by atoms with Gasteiger partial charge < -0.3 is 30.7 Å². The molecule has 1 aromatic carbocycles. The van der Waals surface area contributed by atoms with Crippen molar-refractivity contribution >= 4 is 29.8 Å². The van der Waals surface area contributed by atoms with Crippen LogP contribution in [0.25, 0.3) is 0 Å². The van der Waals surface area contributed by atoms with Crippen LogP contribution in [0.1, 0.15) is 76.1 Å². The number of nitrogens with zero attached hydrogens (tertiary/aromatic N) is 1. The minimum atomic E-state index is -1.33. The van der Waals surface area contributed by atoms with Gasteiger partial charge in [-0.1, -0.05) is 23.8 Å². The Labute approximate surface area is 223 Å². The molecule has 210 valence electrons. The number of hydrogen-bond acceptors (Lipinski definition) is 7. The van der Waals surface area contributed by atoms with Crippen LogP contribution in [-0.2, 0) is 28.7 Å². The van der Waals surface area contributed by atoms with Gasteiger partial charge in [0.1, 0.15) is 17.7 Å². The van der Waals surface area contributed by atoms with E-state index in [1.54, 1.807) is 27.7 Å². The summed E-state index contributed by atoms with van der Waals surface area (Å²) in [6, 6.07) is 2.92. The number of aryl methyl sites for hydroxylation is 2. The van der Waals surface area contributed by atoms with E-state index in [4.69, 9.17) is 15.2 Å². The van der Waals surface area contributed by atoms with Gasteiger partial charge in [-0.15, -0.1) is 0 Å². The predicted octanol–water partition coefficient (Wildman–Crippen LogP) is 2.17. The monoisotopic (exact) mass is 532 g/mol. The van der Waals surface area contributed by atoms with E-state index in [1.807, 2.05) is 32.0 Å². The first-order valence-electron chi connectivity index (χ1n) is 12.8. The second-order valence-electron chi connectivity index (χ2n) is 10.5. The SMILES string of the molecule is CCOC(=O)CCNC(=O)C(c1cc(C)ccc1C)N(C(=O)C(CC(N)=O)NC(=O)OC(C)(C)C)C1CC1. The molecule has 11 heteroatoms. The Bertz CT molecular complexity index is 1050. The number of amides is 4. The van der Waals surface area contributed by atoms with Crippen molar-refractivity contribution in [3.63, 3.8) is 0 Å². The van der Waals surface area contributed by atoms with Crippen molar-refractivity contribution in [2.45, 2.75) is 91.0 Å². The van der Waals surface area contributed by atoms with Gasteiger partial charge in [-0.3, -0.25) is 19.2 Å². The van der Waals surface area contributed by atoms with E-state index in [0.717, 1.165) is 11.1 Å². The molecule has 0 bridgehead atoms. The first kappa shape index (κ1) is 30.6. The summed E-state index contributed by atoms with van der Waals surface area (Å²) in [5.74, 6) is -2.35. The molecule has 0 saturated heterocycles. The molecule has 0 aromatic heterocycles. The standard InChI is InChI=1S/C27H40N4O7/c1-7-37-22(33)12-13-29-24(34)23(19-14-16(2)8-9-17(19)3)31(18-10-11-18)25(35)20(15-21(28)32)30-26(36)38-27(4,5)6/h8-9,14,18,20,23H,7,10-13,15H2,1-6H3,(H2,28,32)(H,29,34)(H,30,36). The molecule has 2 atom stereocenters. The van der Waals surface area contributed by atoms with Crippen molar-refractivity contribution in [2.75, 3.05) is 13.2 Å². The fourth-order valence-corrected chi connectivity index (χ4v) is 3.99. The van der Waals surface area contributed by atoms with E-state index >= 15 is 0 Å². The number of esters is 1. The minimum absolute atomic E-state index is 0.0204. The van der Waals surface area contributed by atoms with Crippen molar-refractivity contribution in [3.05, 3.63) is 34.9 Å². The van der Waals surface area contributed by atoms with E-state index in [1.165, 1.54) is 4.90 Å². The van der Waals surface area contributed by atoms with Crippen molar-refractivity contribution in [1.29, 1.82) is 0 Å². The molecule has 0 radical (unpaired) electrons. The first-order valence-corrected chi connectivity index (χ1v) is 12.8. The number of hydrogen-bond donors (Lipinski definition) is 3. The van der Waals surface area contributed by atoms with Crippen LogP contribution in [0.4, 0.5) is 4.79 Å². The summed E-state index contributed by atoms with van der Waals surface area (Å²) in [7, 11) is 0. The smallest absolute Gasteiger partial charge is 0.408 e. The summed E-state index contributed by atoms with van der Waals surface area (Å²) in [4.78, 5) is 65.1. The minimum Gasteiger partial charge on any atom is -0.466 e. The Kier molecular flexibility index (Phi) is 10.7. The number of primary amides is 1. The van der Waals surface area contributed by atoms with E-state index < -0.39 is 53.9 Å². The average molecular weight is 533 g/mol. The Balaban J connectivity index is 2.44. The van der Waals surface area contributed by atoms with Crippen molar-refractivity contribution < 1.29 is 33.4 Å². The van der Waals surface area contributed by atoms with Gasteiger partial charge in [0.25, 0.3) is 0 Å². The molecule has 11 nitrogen and oxygen atoms in total. The lowest BCUT2D eigenvalue weighted by molar-refractivity contribution is -0.145. The first-order chi connectivity index (χ1) is 17.7. The van der Waals surface area contributed by atoms with Gasteiger partial charge in [0, 0.05) is 12.6 Å². The fourth-order valence-electron chi connectivity index (χ4n) is 3.99. The quantitative estimate of drug-likeness (QED) is 0.348. The predicted molar refractivity (Wildman–Crippen MR) is 140 cm³/mol. The molecule has 2 rings (SSSR count). The molecule has 1 aliphatic rings. The summed E-state index contributed by atoms with van der Waals surface area (Å²) in [5, 5.41) is 5.21. The molecular formula is C27H40N4O7. The highest BCUT2D eigenvalue weighted by atomic mass is 16.6. The number of carbonyl (C=O) groups is 5. The maximum atomic E-state index is 13.9. The zero-order valence-electron chi connectivity index (χ0n) is 23.1. The normalized spacial score (nSPS) is 14.6. The fraction of sp³-hybridized carbons (Fsp3) is 0.593. The van der Waals surface area contributed by atoms with Crippen LogP contribution in [0.3, 0.4) is 0 Å². The largest absolute Gasteiger partial charge is 0.466 e. The van der Waals surface area contributed by atoms with Crippen molar-refractivity contribution in [1.82, 2.24) is 15.5 Å². The topological polar surface area (TPSA) is 157 Å². The summed E-state index contributed by atoms with van der Waals surface area (Å²) < 4.78 is 10.2. The van der Waals surface area contributed by atoms with E-state index in [2.05, 4.69) is 10.6 Å². The number of benzene rings is 1. The Hall–Kier alpha value is -3.63. The number of rotatable bonds is 12. The Morgan fingerprint density at radius 3 is 2.34 bits per heavy atom. The zero-order chi connectivity index (χ0) is 28.6. The van der Waals surface area contributed by atoms with Crippen LogP contribution in [0.2, 0.25) is 0 Å². The van der Waals surface area contributed by atoms with Crippen molar-refractivity contribution in [2.24, 2.45) is 5.73 Å². The zero-order valence-corrected chi connectivity index (χ0v) is 23.1. The Morgan fingerprint density at radius 2 is 1.79 bits per heavy atom. The molecule has 1 saturated carbocycles. The average Bonchev–Trinajstić information content (AvgIpc) is 3.62. The summed E-state index contributed by atoms with van der Waals surface area (Å²) in [5.41, 5.74) is 6.85. The van der Waals surface area contributed by atoms with Gasteiger partial charge in [-0.05, 0) is 65.5 Å². The molecule has 38 heavy (non-hydrogen) atoms. The molecule has 4 amide bonds.